The molecule has 1 aliphatic carbocycles. The zero-order valence-electron chi connectivity index (χ0n) is 11.8. The first kappa shape index (κ1) is 16.7. The van der Waals surface area contributed by atoms with Crippen LogP contribution in [0.25, 0.3) is 0 Å². The van der Waals surface area contributed by atoms with E-state index in [0.29, 0.717) is 0 Å². The molecular weight excluding hydrogens is 317 g/mol. The first-order valence-electron chi connectivity index (χ1n) is 6.96. The van der Waals surface area contributed by atoms with Crippen LogP contribution < -0.4 is 4.72 Å². The Labute approximate surface area is 129 Å². The van der Waals surface area contributed by atoms with Crippen LogP contribution in [0.4, 0.5) is 4.39 Å². The molecule has 0 radical (unpaired) electrons. The van der Waals surface area contributed by atoms with Gasteiger partial charge in [0, 0.05) is 11.6 Å². The van der Waals surface area contributed by atoms with Crippen molar-refractivity contribution >= 4 is 21.6 Å². The Kier molecular flexibility index (Phi) is 5.24. The Morgan fingerprint density at radius 1 is 1.38 bits per heavy atom. The maximum atomic E-state index is 13.7. The highest BCUT2D eigenvalue weighted by Crippen LogP contribution is 2.27. The highest BCUT2D eigenvalue weighted by molar-refractivity contribution is 7.89. The lowest BCUT2D eigenvalue weighted by Gasteiger charge is -2.29. The van der Waals surface area contributed by atoms with Crippen LogP contribution in [0.1, 0.15) is 38.2 Å². The predicted molar refractivity (Wildman–Crippen MR) is 79.1 cm³/mol. The molecule has 2 rings (SSSR count). The number of sulfonamides is 1. The van der Waals surface area contributed by atoms with Crippen molar-refractivity contribution in [3.8, 4) is 0 Å². The summed E-state index contributed by atoms with van der Waals surface area (Å²) in [6.45, 7) is 1.49. The summed E-state index contributed by atoms with van der Waals surface area (Å²) in [6, 6.07) is 1.96. The lowest BCUT2D eigenvalue weighted by atomic mass is 9.87. The number of nitrogens with one attached hydrogen (secondary N) is 1. The third-order valence-electron chi connectivity index (χ3n) is 3.98. The van der Waals surface area contributed by atoms with E-state index in [9.17, 15) is 12.8 Å². The average Bonchev–Trinajstić information content (AvgIpc) is 2.44. The fourth-order valence-electron chi connectivity index (χ4n) is 2.65. The van der Waals surface area contributed by atoms with E-state index in [-0.39, 0.29) is 27.4 Å². The van der Waals surface area contributed by atoms with E-state index in [1.54, 1.807) is 0 Å². The maximum absolute atomic E-state index is 13.7. The van der Waals surface area contributed by atoms with Crippen molar-refractivity contribution in [3.05, 3.63) is 28.5 Å². The second-order valence-corrected chi connectivity index (χ2v) is 7.62. The minimum atomic E-state index is -3.82. The summed E-state index contributed by atoms with van der Waals surface area (Å²) in [7, 11) is -3.82. The van der Waals surface area contributed by atoms with Crippen LogP contribution >= 0.6 is 11.6 Å². The summed E-state index contributed by atoms with van der Waals surface area (Å²) >= 11 is 5.68. The molecule has 1 saturated carbocycles. The van der Waals surface area contributed by atoms with Crippen molar-refractivity contribution in [3.63, 3.8) is 0 Å². The molecule has 0 amide bonds. The molecule has 0 heterocycles. The zero-order chi connectivity index (χ0) is 15.6. The van der Waals surface area contributed by atoms with Crippen LogP contribution in [0, 0.1) is 11.7 Å². The number of halogens is 2. The standard InChI is InChI=1S/C14H19ClFNO3S/c1-9-4-2-3-5-13(9)17-21(19,20)11-6-10(8-18)14(15)12(16)7-11/h6-7,9,13,17-18H,2-5,8H2,1H3. The Hall–Kier alpha value is -0.690. The third-order valence-corrected chi connectivity index (χ3v) is 5.87. The molecule has 118 valence electrons. The van der Waals surface area contributed by atoms with Crippen LogP contribution in [0.3, 0.4) is 0 Å². The molecule has 1 aromatic carbocycles. The molecule has 0 spiro atoms. The Bertz CT molecular complexity index is 621. The van der Waals surface area contributed by atoms with Crippen LogP contribution in [-0.4, -0.2) is 19.6 Å². The molecular formula is C14H19ClFNO3S. The maximum Gasteiger partial charge on any atom is 0.240 e. The predicted octanol–water partition coefficient (Wildman–Crippen LogP) is 2.83. The van der Waals surface area contributed by atoms with Gasteiger partial charge in [-0.15, -0.1) is 0 Å². The number of hydrogen-bond donors (Lipinski definition) is 2. The van der Waals surface area contributed by atoms with Gasteiger partial charge in [-0.2, -0.15) is 0 Å². The van der Waals surface area contributed by atoms with Gasteiger partial charge >= 0.3 is 0 Å². The van der Waals surface area contributed by atoms with Gasteiger partial charge in [0.1, 0.15) is 5.82 Å². The molecule has 0 saturated heterocycles. The summed E-state index contributed by atoms with van der Waals surface area (Å²) in [5.74, 6) is -0.594. The van der Waals surface area contributed by atoms with E-state index in [2.05, 4.69) is 4.72 Å². The number of rotatable bonds is 4. The topological polar surface area (TPSA) is 66.4 Å². The van der Waals surface area contributed by atoms with Gasteiger partial charge in [0.2, 0.25) is 10.0 Å². The summed E-state index contributed by atoms with van der Waals surface area (Å²) in [6.07, 6.45) is 3.84. The smallest absolute Gasteiger partial charge is 0.240 e. The third kappa shape index (κ3) is 3.74. The van der Waals surface area contributed by atoms with E-state index >= 15 is 0 Å². The van der Waals surface area contributed by atoms with Crippen molar-refractivity contribution in [1.82, 2.24) is 4.72 Å². The van der Waals surface area contributed by atoms with E-state index in [1.165, 1.54) is 6.07 Å². The summed E-state index contributed by atoms with van der Waals surface area (Å²) in [5, 5.41) is 8.88. The second kappa shape index (κ2) is 6.60. The summed E-state index contributed by atoms with van der Waals surface area (Å²) < 4.78 is 41.1. The molecule has 2 unspecified atom stereocenters. The normalized spacial score (nSPS) is 23.2. The number of aliphatic hydroxyl groups is 1. The number of benzene rings is 1. The van der Waals surface area contributed by atoms with Gasteiger partial charge in [-0.25, -0.2) is 17.5 Å². The number of aliphatic hydroxyl groups excluding tert-OH is 1. The lowest BCUT2D eigenvalue weighted by Crippen LogP contribution is -2.41. The fourth-order valence-corrected chi connectivity index (χ4v) is 4.26. The summed E-state index contributed by atoms with van der Waals surface area (Å²) in [4.78, 5) is -0.203. The Morgan fingerprint density at radius 3 is 2.67 bits per heavy atom. The minimum absolute atomic E-state index is 0.0636. The molecule has 0 bridgehead atoms. The molecule has 2 atom stereocenters. The van der Waals surface area contributed by atoms with E-state index in [4.69, 9.17) is 16.7 Å². The van der Waals surface area contributed by atoms with Crippen molar-refractivity contribution in [2.45, 2.75) is 50.2 Å². The largest absolute Gasteiger partial charge is 0.392 e. The molecule has 1 aliphatic rings. The van der Waals surface area contributed by atoms with E-state index in [0.717, 1.165) is 31.7 Å². The highest BCUT2D eigenvalue weighted by Gasteiger charge is 2.27. The highest BCUT2D eigenvalue weighted by atomic mass is 35.5. The fraction of sp³-hybridized carbons (Fsp3) is 0.571. The SMILES string of the molecule is CC1CCCCC1NS(=O)(=O)c1cc(F)c(Cl)c(CO)c1. The van der Waals surface area contributed by atoms with Crippen molar-refractivity contribution in [1.29, 1.82) is 0 Å². The van der Waals surface area contributed by atoms with Crippen LogP contribution in [0.15, 0.2) is 17.0 Å². The quantitative estimate of drug-likeness (QED) is 0.889. The minimum Gasteiger partial charge on any atom is -0.392 e. The van der Waals surface area contributed by atoms with E-state index < -0.39 is 22.4 Å². The molecule has 0 aromatic heterocycles. The monoisotopic (exact) mass is 335 g/mol. The van der Waals surface area contributed by atoms with Gasteiger partial charge in [0.25, 0.3) is 0 Å². The average molecular weight is 336 g/mol. The Balaban J connectivity index is 2.29. The van der Waals surface area contributed by atoms with Crippen LogP contribution in [0.2, 0.25) is 5.02 Å². The van der Waals surface area contributed by atoms with Crippen molar-refractivity contribution in [2.75, 3.05) is 0 Å². The number of hydrogen-bond acceptors (Lipinski definition) is 3. The van der Waals surface area contributed by atoms with Crippen molar-refractivity contribution in [2.24, 2.45) is 5.92 Å². The van der Waals surface area contributed by atoms with Gasteiger partial charge in [-0.3, -0.25) is 0 Å². The molecule has 1 aromatic rings. The van der Waals surface area contributed by atoms with Crippen LogP contribution in [0.5, 0.6) is 0 Å². The summed E-state index contributed by atoms with van der Waals surface area (Å²) in [5.41, 5.74) is 0.0636. The van der Waals surface area contributed by atoms with Gasteiger partial charge in [-0.05, 0) is 30.9 Å². The first-order valence-corrected chi connectivity index (χ1v) is 8.82. The van der Waals surface area contributed by atoms with Crippen LogP contribution in [-0.2, 0) is 16.6 Å². The molecule has 4 nitrogen and oxygen atoms in total. The second-order valence-electron chi connectivity index (χ2n) is 5.53. The first-order chi connectivity index (χ1) is 9.85. The van der Waals surface area contributed by atoms with Gasteiger partial charge in [0.15, 0.2) is 0 Å². The van der Waals surface area contributed by atoms with Gasteiger partial charge in [-0.1, -0.05) is 31.4 Å². The molecule has 21 heavy (non-hydrogen) atoms. The van der Waals surface area contributed by atoms with Crippen molar-refractivity contribution < 1.29 is 17.9 Å². The molecule has 2 N–H and O–H groups in total. The zero-order valence-corrected chi connectivity index (χ0v) is 13.3. The van der Waals surface area contributed by atoms with Gasteiger partial charge < -0.3 is 5.11 Å². The lowest BCUT2D eigenvalue weighted by molar-refractivity contribution is 0.281. The van der Waals surface area contributed by atoms with Gasteiger partial charge in [0.05, 0.1) is 16.5 Å². The van der Waals surface area contributed by atoms with E-state index in [1.807, 2.05) is 6.92 Å². The molecule has 0 aliphatic heterocycles. The Morgan fingerprint density at radius 2 is 2.05 bits per heavy atom. The molecule has 7 heteroatoms. The molecule has 1 fully saturated rings.